The molecule has 0 bridgehead atoms. The number of hydrogen-bond acceptors (Lipinski definition) is 0. The molecular weight excluding hydrogens is 149 g/mol. The van der Waals surface area contributed by atoms with Crippen molar-refractivity contribution < 1.29 is 17.1 Å². The summed E-state index contributed by atoms with van der Waals surface area (Å²) in [6, 6.07) is 0. The van der Waals surface area contributed by atoms with Crippen LogP contribution >= 0.6 is 0 Å². The van der Waals surface area contributed by atoms with Crippen LogP contribution in [0.1, 0.15) is 33.6 Å². The standard InChI is InChI=1S/C4H9.C3H7.Zn/c1-3-4-2;1-3-2;/h1,3-4H2,2H3;3H,1-2H3;. The molecule has 0 aromatic rings. The van der Waals surface area contributed by atoms with E-state index >= 15 is 0 Å². The van der Waals surface area contributed by atoms with Gasteiger partial charge < -0.3 is 0 Å². The van der Waals surface area contributed by atoms with E-state index in [9.17, 15) is 0 Å². The summed E-state index contributed by atoms with van der Waals surface area (Å²) in [7, 11) is 0. The molecule has 0 saturated carbocycles. The first-order chi connectivity index (χ1) is 3.77. The van der Waals surface area contributed by atoms with Gasteiger partial charge in [-0.2, -0.15) is 0 Å². The van der Waals surface area contributed by atoms with Gasteiger partial charge in [-0.25, -0.2) is 0 Å². The Morgan fingerprint density at radius 1 is 1.38 bits per heavy atom. The van der Waals surface area contributed by atoms with Crippen LogP contribution in [0.5, 0.6) is 0 Å². The molecule has 0 rings (SSSR count). The zero-order chi connectivity index (χ0) is 6.41. The summed E-state index contributed by atoms with van der Waals surface area (Å²) in [5, 5.41) is 1.61. The molecule has 0 amide bonds. The van der Waals surface area contributed by atoms with Crippen molar-refractivity contribution in [2.75, 3.05) is 0 Å². The molecule has 0 radical (unpaired) electrons. The van der Waals surface area contributed by atoms with E-state index in [1.165, 1.54) is 12.8 Å². The van der Waals surface area contributed by atoms with Crippen molar-refractivity contribution in [1.82, 2.24) is 0 Å². The minimum atomic E-state index is -0.0413. The summed E-state index contributed by atoms with van der Waals surface area (Å²) in [5.74, 6) is 0. The fraction of sp³-hybridized carbons (Fsp3) is 1.00. The van der Waals surface area contributed by atoms with Gasteiger partial charge in [0.2, 0.25) is 0 Å². The maximum absolute atomic E-state index is 2.37. The van der Waals surface area contributed by atoms with Gasteiger partial charge in [-0.05, 0) is 0 Å². The van der Waals surface area contributed by atoms with Crippen molar-refractivity contribution in [3.63, 3.8) is 0 Å². The normalized spacial score (nSPS) is 9.50. The van der Waals surface area contributed by atoms with Crippen LogP contribution in [-0.2, 0) is 17.1 Å². The first kappa shape index (κ1) is 8.62. The predicted molar refractivity (Wildman–Crippen MR) is 34.8 cm³/mol. The molecule has 0 aromatic heterocycles. The molecule has 0 aliphatic carbocycles. The molecule has 8 heavy (non-hydrogen) atoms. The van der Waals surface area contributed by atoms with Crippen LogP contribution in [0.4, 0.5) is 0 Å². The first-order valence-electron chi connectivity index (χ1n) is 3.77. The molecule has 0 unspecified atom stereocenters. The molecular formula is C7H16Zn. The Hall–Kier alpha value is 0.623. The van der Waals surface area contributed by atoms with Gasteiger partial charge in [-0.1, -0.05) is 0 Å². The molecule has 1 heteroatoms. The van der Waals surface area contributed by atoms with Crippen molar-refractivity contribution in [3.05, 3.63) is 0 Å². The van der Waals surface area contributed by atoms with E-state index in [0.717, 1.165) is 4.51 Å². The number of unbranched alkanes of at least 4 members (excludes halogenated alkanes) is 1. The Labute approximate surface area is 60.6 Å². The molecule has 0 aromatic carbocycles. The van der Waals surface area contributed by atoms with Crippen LogP contribution < -0.4 is 0 Å². The second-order valence-electron chi connectivity index (χ2n) is 2.89. The summed E-state index contributed by atoms with van der Waals surface area (Å²) in [6.45, 7) is 7.02. The summed E-state index contributed by atoms with van der Waals surface area (Å²) < 4.78 is 1.09. The molecule has 0 N–H and O–H groups in total. The monoisotopic (exact) mass is 164 g/mol. The Morgan fingerprint density at radius 2 is 2.00 bits per heavy atom. The van der Waals surface area contributed by atoms with Crippen molar-refractivity contribution in [1.29, 1.82) is 0 Å². The molecule has 0 heterocycles. The molecule has 0 spiro atoms. The predicted octanol–water partition coefficient (Wildman–Crippen LogP) is 3.12. The van der Waals surface area contributed by atoms with Gasteiger partial charge >= 0.3 is 60.3 Å². The third-order valence-corrected chi connectivity index (χ3v) is 5.71. The van der Waals surface area contributed by atoms with Gasteiger partial charge in [0.1, 0.15) is 0 Å². The van der Waals surface area contributed by atoms with Crippen molar-refractivity contribution in [2.45, 2.75) is 43.1 Å². The SMILES string of the molecule is CCC[CH2][Zn][CH](C)C. The van der Waals surface area contributed by atoms with Crippen LogP contribution in [0, 0.1) is 0 Å². The summed E-state index contributed by atoms with van der Waals surface area (Å²) in [4.78, 5) is 0. The van der Waals surface area contributed by atoms with Crippen molar-refractivity contribution in [3.8, 4) is 0 Å². The Kier molecular flexibility index (Phi) is 6.20. The first-order valence-corrected chi connectivity index (χ1v) is 7.58. The molecule has 0 fully saturated rings. The number of rotatable bonds is 4. The Bertz CT molecular complexity index is 41.7. The molecule has 0 aliphatic heterocycles. The number of hydrogen-bond donors (Lipinski definition) is 0. The summed E-state index contributed by atoms with van der Waals surface area (Å²) in [6.07, 6.45) is 2.90. The van der Waals surface area contributed by atoms with Gasteiger partial charge in [0.05, 0.1) is 0 Å². The van der Waals surface area contributed by atoms with E-state index in [4.69, 9.17) is 0 Å². The molecule has 0 nitrogen and oxygen atoms in total. The quantitative estimate of drug-likeness (QED) is 0.444. The van der Waals surface area contributed by atoms with Crippen LogP contribution in [0.3, 0.4) is 0 Å². The van der Waals surface area contributed by atoms with E-state index in [0.29, 0.717) is 0 Å². The van der Waals surface area contributed by atoms with Crippen LogP contribution in [-0.4, -0.2) is 0 Å². The van der Waals surface area contributed by atoms with E-state index in [1.54, 1.807) is 5.02 Å². The van der Waals surface area contributed by atoms with E-state index in [1.807, 2.05) is 0 Å². The zero-order valence-electron chi connectivity index (χ0n) is 6.41. The van der Waals surface area contributed by atoms with Crippen LogP contribution in [0.2, 0.25) is 9.53 Å². The maximum atomic E-state index is 2.37. The Morgan fingerprint density at radius 3 is 2.38 bits per heavy atom. The topological polar surface area (TPSA) is 0 Å². The van der Waals surface area contributed by atoms with Gasteiger partial charge in [0.25, 0.3) is 0 Å². The van der Waals surface area contributed by atoms with Gasteiger partial charge in [-0.15, -0.1) is 0 Å². The average molecular weight is 166 g/mol. The van der Waals surface area contributed by atoms with Crippen molar-refractivity contribution >= 4 is 0 Å². The van der Waals surface area contributed by atoms with E-state index in [2.05, 4.69) is 20.8 Å². The van der Waals surface area contributed by atoms with Gasteiger partial charge in [0.15, 0.2) is 0 Å². The second kappa shape index (κ2) is 5.75. The fourth-order valence-electron chi connectivity index (χ4n) is 0.803. The molecule has 0 atom stereocenters. The fourth-order valence-corrected chi connectivity index (χ4v) is 4.17. The van der Waals surface area contributed by atoms with E-state index in [-0.39, 0.29) is 17.1 Å². The molecule has 0 saturated heterocycles. The van der Waals surface area contributed by atoms with Crippen LogP contribution in [0.15, 0.2) is 0 Å². The van der Waals surface area contributed by atoms with Gasteiger partial charge in [-0.3, -0.25) is 0 Å². The molecule has 0 aliphatic rings. The Balaban J connectivity index is 2.72. The van der Waals surface area contributed by atoms with Crippen LogP contribution in [0.25, 0.3) is 0 Å². The third-order valence-electron chi connectivity index (χ3n) is 1.39. The van der Waals surface area contributed by atoms with Crippen molar-refractivity contribution in [2.24, 2.45) is 0 Å². The summed E-state index contributed by atoms with van der Waals surface area (Å²) in [5.41, 5.74) is 0. The third kappa shape index (κ3) is 6.62. The summed E-state index contributed by atoms with van der Waals surface area (Å²) >= 11 is -0.0413. The zero-order valence-corrected chi connectivity index (χ0v) is 9.37. The minimum absolute atomic E-state index is 0.0413. The van der Waals surface area contributed by atoms with Gasteiger partial charge in [0, 0.05) is 0 Å². The second-order valence-corrected chi connectivity index (χ2v) is 9.01. The molecule has 46 valence electrons. The van der Waals surface area contributed by atoms with E-state index < -0.39 is 0 Å². The average Bonchev–Trinajstić information content (AvgIpc) is 1.66.